The number of rotatable bonds is 8. The molecular weight excluding hydrogens is 258 g/mol. The van der Waals surface area contributed by atoms with Crippen LogP contribution < -0.4 is 10.5 Å². The summed E-state index contributed by atoms with van der Waals surface area (Å²) < 4.78 is 15.9. The number of aliphatic hydroxyl groups is 1. The third-order valence-corrected chi connectivity index (χ3v) is 2.74. The topological polar surface area (TPSA) is 77.9 Å². The molecule has 0 aliphatic heterocycles. The Hall–Kier alpha value is -1.82. The molecule has 0 aliphatic rings. The predicted octanol–water partition coefficient (Wildman–Crippen LogP) is 1.69. The van der Waals surface area contributed by atoms with Crippen molar-refractivity contribution in [2.24, 2.45) is 5.73 Å². The zero-order valence-corrected chi connectivity index (χ0v) is 11.2. The average Bonchev–Trinajstić information content (AvgIpc) is 2.99. The highest BCUT2D eigenvalue weighted by Gasteiger charge is 2.06. The summed E-state index contributed by atoms with van der Waals surface area (Å²) in [4.78, 5) is 0. The van der Waals surface area contributed by atoms with Gasteiger partial charge in [-0.15, -0.1) is 0 Å². The van der Waals surface area contributed by atoms with Gasteiger partial charge in [-0.1, -0.05) is 12.1 Å². The minimum Gasteiger partial charge on any atom is -0.491 e. The molecule has 0 fully saturated rings. The second-order valence-corrected chi connectivity index (χ2v) is 4.41. The molecule has 1 heterocycles. The minimum absolute atomic E-state index is 0.181. The molecule has 0 saturated heterocycles. The van der Waals surface area contributed by atoms with E-state index in [-0.39, 0.29) is 13.2 Å². The summed E-state index contributed by atoms with van der Waals surface area (Å²) in [5.41, 5.74) is 6.55. The summed E-state index contributed by atoms with van der Waals surface area (Å²) in [6.07, 6.45) is 0.905. The van der Waals surface area contributed by atoms with Gasteiger partial charge in [-0.25, -0.2) is 0 Å². The lowest BCUT2D eigenvalue weighted by atomic mass is 10.2. The van der Waals surface area contributed by atoms with Gasteiger partial charge in [-0.2, -0.15) is 0 Å². The summed E-state index contributed by atoms with van der Waals surface area (Å²) in [5, 5.41) is 9.74. The van der Waals surface area contributed by atoms with Crippen LogP contribution in [-0.2, 0) is 17.9 Å². The van der Waals surface area contributed by atoms with E-state index >= 15 is 0 Å². The first-order valence-electron chi connectivity index (χ1n) is 6.48. The van der Waals surface area contributed by atoms with Crippen molar-refractivity contribution < 1.29 is 19.0 Å². The highest BCUT2D eigenvalue weighted by atomic mass is 16.5. The van der Waals surface area contributed by atoms with Crippen molar-refractivity contribution in [1.82, 2.24) is 0 Å². The van der Waals surface area contributed by atoms with Crippen LogP contribution in [0.1, 0.15) is 11.3 Å². The number of furan rings is 1. The van der Waals surface area contributed by atoms with Crippen LogP contribution in [0.4, 0.5) is 0 Å². The van der Waals surface area contributed by atoms with E-state index in [0.717, 1.165) is 11.3 Å². The van der Waals surface area contributed by atoms with Crippen molar-refractivity contribution in [3.8, 4) is 5.75 Å². The molecule has 0 spiro atoms. The molecule has 1 aromatic carbocycles. The largest absolute Gasteiger partial charge is 0.491 e. The SMILES string of the molecule is NCc1ccc(OCC(O)COCc2ccco2)cc1. The molecular formula is C15H19NO4. The van der Waals surface area contributed by atoms with E-state index in [1.807, 2.05) is 30.3 Å². The summed E-state index contributed by atoms with van der Waals surface area (Å²) in [5.74, 6) is 1.43. The summed E-state index contributed by atoms with van der Waals surface area (Å²) in [6.45, 7) is 1.22. The number of benzene rings is 1. The lowest BCUT2D eigenvalue weighted by molar-refractivity contribution is 0.000877. The van der Waals surface area contributed by atoms with Gasteiger partial charge < -0.3 is 24.7 Å². The van der Waals surface area contributed by atoms with Crippen LogP contribution in [-0.4, -0.2) is 24.4 Å². The Morgan fingerprint density at radius 1 is 1.15 bits per heavy atom. The molecule has 0 aliphatic carbocycles. The molecule has 2 aromatic rings. The average molecular weight is 277 g/mol. The van der Waals surface area contributed by atoms with Crippen molar-refractivity contribution in [2.75, 3.05) is 13.2 Å². The number of hydrogen-bond donors (Lipinski definition) is 2. The Morgan fingerprint density at radius 3 is 2.60 bits per heavy atom. The molecule has 2 rings (SSSR count). The smallest absolute Gasteiger partial charge is 0.129 e. The fourth-order valence-corrected chi connectivity index (χ4v) is 1.65. The number of ether oxygens (including phenoxy) is 2. The molecule has 1 unspecified atom stereocenters. The Labute approximate surface area is 117 Å². The lowest BCUT2D eigenvalue weighted by Gasteiger charge is -2.12. The van der Waals surface area contributed by atoms with Crippen molar-refractivity contribution in [2.45, 2.75) is 19.3 Å². The fraction of sp³-hybridized carbons (Fsp3) is 0.333. The molecule has 20 heavy (non-hydrogen) atoms. The molecule has 5 nitrogen and oxygen atoms in total. The third-order valence-electron chi connectivity index (χ3n) is 2.74. The molecule has 108 valence electrons. The van der Waals surface area contributed by atoms with E-state index in [0.29, 0.717) is 18.9 Å². The van der Waals surface area contributed by atoms with Crippen molar-refractivity contribution in [3.63, 3.8) is 0 Å². The number of nitrogens with two attached hydrogens (primary N) is 1. The summed E-state index contributed by atoms with van der Waals surface area (Å²) >= 11 is 0. The van der Waals surface area contributed by atoms with Gasteiger partial charge in [0.05, 0.1) is 12.9 Å². The Balaban J connectivity index is 1.65. The third kappa shape index (κ3) is 4.70. The monoisotopic (exact) mass is 277 g/mol. The molecule has 0 saturated carbocycles. The van der Waals surface area contributed by atoms with Crippen molar-refractivity contribution in [3.05, 3.63) is 54.0 Å². The van der Waals surface area contributed by atoms with Gasteiger partial charge in [-0.05, 0) is 29.8 Å². The van der Waals surface area contributed by atoms with Gasteiger partial charge in [0.25, 0.3) is 0 Å². The Kier molecular flexibility index (Phi) is 5.61. The molecule has 0 amide bonds. The van der Waals surface area contributed by atoms with Crippen LogP contribution in [0.5, 0.6) is 5.75 Å². The zero-order chi connectivity index (χ0) is 14.2. The lowest BCUT2D eigenvalue weighted by Crippen LogP contribution is -2.23. The van der Waals surface area contributed by atoms with Crippen LogP contribution in [0.2, 0.25) is 0 Å². The first-order chi connectivity index (χ1) is 9.78. The number of hydrogen-bond acceptors (Lipinski definition) is 5. The quantitative estimate of drug-likeness (QED) is 0.768. The predicted molar refractivity (Wildman–Crippen MR) is 74.2 cm³/mol. The molecule has 5 heteroatoms. The molecule has 3 N–H and O–H groups in total. The maximum Gasteiger partial charge on any atom is 0.129 e. The first-order valence-corrected chi connectivity index (χ1v) is 6.48. The minimum atomic E-state index is -0.681. The molecule has 1 aromatic heterocycles. The van der Waals surface area contributed by atoms with Crippen LogP contribution in [0.15, 0.2) is 47.1 Å². The molecule has 0 bridgehead atoms. The van der Waals surface area contributed by atoms with Crippen LogP contribution in [0, 0.1) is 0 Å². The van der Waals surface area contributed by atoms with Gasteiger partial charge >= 0.3 is 0 Å². The maximum atomic E-state index is 9.74. The van der Waals surface area contributed by atoms with Gasteiger partial charge in [0.2, 0.25) is 0 Å². The standard InChI is InChI=1S/C15H19NO4/c16-8-12-3-5-14(6-4-12)20-10-13(17)9-18-11-15-2-1-7-19-15/h1-7,13,17H,8-11,16H2. The zero-order valence-electron chi connectivity index (χ0n) is 11.2. The van der Waals surface area contributed by atoms with E-state index in [1.54, 1.807) is 12.3 Å². The van der Waals surface area contributed by atoms with E-state index in [9.17, 15) is 5.11 Å². The van der Waals surface area contributed by atoms with Crippen LogP contribution in [0.3, 0.4) is 0 Å². The summed E-state index contributed by atoms with van der Waals surface area (Å²) in [7, 11) is 0. The van der Waals surface area contributed by atoms with Gasteiger partial charge in [0, 0.05) is 6.54 Å². The normalized spacial score (nSPS) is 12.3. The number of aliphatic hydroxyl groups excluding tert-OH is 1. The van der Waals surface area contributed by atoms with Crippen LogP contribution in [0.25, 0.3) is 0 Å². The van der Waals surface area contributed by atoms with E-state index < -0.39 is 6.10 Å². The molecule has 0 radical (unpaired) electrons. The van der Waals surface area contributed by atoms with E-state index in [4.69, 9.17) is 19.6 Å². The van der Waals surface area contributed by atoms with Crippen molar-refractivity contribution >= 4 is 0 Å². The van der Waals surface area contributed by atoms with Crippen LogP contribution >= 0.6 is 0 Å². The second-order valence-electron chi connectivity index (χ2n) is 4.41. The highest BCUT2D eigenvalue weighted by Crippen LogP contribution is 2.12. The van der Waals surface area contributed by atoms with Gasteiger partial charge in [0.15, 0.2) is 0 Å². The maximum absolute atomic E-state index is 9.74. The highest BCUT2D eigenvalue weighted by molar-refractivity contribution is 5.27. The van der Waals surface area contributed by atoms with Crippen molar-refractivity contribution in [1.29, 1.82) is 0 Å². The first kappa shape index (κ1) is 14.6. The Bertz CT molecular complexity index is 481. The van der Waals surface area contributed by atoms with E-state index in [2.05, 4.69) is 0 Å². The van der Waals surface area contributed by atoms with Gasteiger partial charge in [0.1, 0.15) is 30.8 Å². The Morgan fingerprint density at radius 2 is 1.95 bits per heavy atom. The van der Waals surface area contributed by atoms with E-state index in [1.165, 1.54) is 0 Å². The molecule has 1 atom stereocenters. The summed E-state index contributed by atoms with van der Waals surface area (Å²) in [6, 6.07) is 11.1. The second kappa shape index (κ2) is 7.69. The van der Waals surface area contributed by atoms with Gasteiger partial charge in [-0.3, -0.25) is 0 Å². The fourth-order valence-electron chi connectivity index (χ4n) is 1.65.